The largest absolute Gasteiger partial charge is 0.369 e. The summed E-state index contributed by atoms with van der Waals surface area (Å²) < 4.78 is 6.87. The van der Waals surface area contributed by atoms with Crippen LogP contribution in [0.5, 0.6) is 0 Å². The predicted octanol–water partition coefficient (Wildman–Crippen LogP) is 0.689. The molecule has 0 aliphatic rings. The van der Waals surface area contributed by atoms with Crippen LogP contribution in [0.2, 0.25) is 0 Å². The Bertz CT molecular complexity index is 369. The molecule has 0 aliphatic heterocycles. The average Bonchev–Trinajstić information content (AvgIpc) is 2.15. The highest BCUT2D eigenvalue weighted by Gasteiger charge is 2.10. The molecule has 0 saturated carbocycles. The fraction of sp³-hybridized carbons (Fsp3) is 0.556. The van der Waals surface area contributed by atoms with Gasteiger partial charge in [-0.1, -0.05) is 6.92 Å². The van der Waals surface area contributed by atoms with Crippen molar-refractivity contribution in [3.8, 4) is 0 Å². The van der Waals surface area contributed by atoms with E-state index >= 15 is 0 Å². The molecule has 14 heavy (non-hydrogen) atoms. The summed E-state index contributed by atoms with van der Waals surface area (Å²) in [5, 5.41) is 0. The van der Waals surface area contributed by atoms with Crippen molar-refractivity contribution in [3.63, 3.8) is 0 Å². The molecule has 2 N–H and O–H groups in total. The number of rotatable bonds is 3. The lowest BCUT2D eigenvalue weighted by Gasteiger charge is -2.18. The summed E-state index contributed by atoms with van der Waals surface area (Å²) in [5.74, 6) is 0.189. The van der Waals surface area contributed by atoms with Crippen LogP contribution >= 0.6 is 0 Å². The van der Waals surface area contributed by atoms with Gasteiger partial charge in [0.15, 0.2) is 0 Å². The lowest BCUT2D eigenvalue weighted by Crippen LogP contribution is -2.22. The molecule has 0 aromatic carbocycles. The van der Waals surface area contributed by atoms with Crippen molar-refractivity contribution in [2.45, 2.75) is 26.5 Å². The van der Waals surface area contributed by atoms with Crippen molar-refractivity contribution in [3.05, 3.63) is 22.1 Å². The number of anilines is 1. The summed E-state index contributed by atoms with van der Waals surface area (Å²) in [4.78, 5) is 14.8. The van der Waals surface area contributed by atoms with Crippen LogP contribution in [-0.4, -0.2) is 16.7 Å². The van der Waals surface area contributed by atoms with E-state index in [1.165, 1.54) is 0 Å². The molecule has 0 unspecified atom stereocenters. The number of nitrogens with zero attached hydrogens (tertiary/aromatic N) is 2. The van der Waals surface area contributed by atoms with Gasteiger partial charge in [0.25, 0.3) is 5.56 Å². The number of methoxy groups -OCH3 is 1. The molecule has 1 heterocycles. The lowest BCUT2D eigenvalue weighted by molar-refractivity contribution is 0.0416. The normalized spacial score (nSPS) is 12.8. The van der Waals surface area contributed by atoms with Gasteiger partial charge in [0, 0.05) is 18.9 Å². The molecule has 1 atom stereocenters. The third-order valence-electron chi connectivity index (χ3n) is 2.08. The molecule has 0 radical (unpaired) electrons. The highest BCUT2D eigenvalue weighted by molar-refractivity contribution is 5.20. The lowest BCUT2D eigenvalue weighted by atomic mass is 10.3. The van der Waals surface area contributed by atoms with E-state index in [1.807, 2.05) is 6.92 Å². The first kappa shape index (κ1) is 10.7. The van der Waals surface area contributed by atoms with Crippen LogP contribution in [0.1, 0.15) is 25.1 Å². The van der Waals surface area contributed by atoms with E-state index in [4.69, 9.17) is 10.5 Å². The Morgan fingerprint density at radius 1 is 1.71 bits per heavy atom. The number of hydrogen-bond donors (Lipinski definition) is 1. The van der Waals surface area contributed by atoms with Crippen LogP contribution in [0.4, 0.5) is 5.95 Å². The summed E-state index contributed by atoms with van der Waals surface area (Å²) >= 11 is 0. The van der Waals surface area contributed by atoms with E-state index in [9.17, 15) is 4.79 Å². The van der Waals surface area contributed by atoms with Crippen LogP contribution in [0.15, 0.2) is 11.0 Å². The summed E-state index contributed by atoms with van der Waals surface area (Å²) in [6.45, 7) is 3.68. The Kier molecular flexibility index (Phi) is 3.24. The minimum Gasteiger partial charge on any atom is -0.369 e. The first-order valence-corrected chi connectivity index (χ1v) is 4.48. The minimum absolute atomic E-state index is 0.165. The van der Waals surface area contributed by atoms with Gasteiger partial charge in [0.2, 0.25) is 5.95 Å². The first-order valence-electron chi connectivity index (χ1n) is 4.48. The van der Waals surface area contributed by atoms with Gasteiger partial charge in [-0.15, -0.1) is 0 Å². The molecule has 78 valence electrons. The minimum atomic E-state index is -0.287. The van der Waals surface area contributed by atoms with Gasteiger partial charge in [-0.2, -0.15) is 4.98 Å². The summed E-state index contributed by atoms with van der Waals surface area (Å²) in [5.41, 5.74) is 5.89. The van der Waals surface area contributed by atoms with E-state index in [2.05, 4.69) is 4.98 Å². The number of nitrogens with two attached hydrogens (primary N) is 1. The number of aryl methyl sites for hydroxylation is 1. The zero-order valence-electron chi connectivity index (χ0n) is 8.65. The van der Waals surface area contributed by atoms with Crippen LogP contribution in [0, 0.1) is 6.92 Å². The molecule has 1 aromatic heterocycles. The monoisotopic (exact) mass is 197 g/mol. The number of nitrogen functional groups attached to an aromatic ring is 1. The molecular weight excluding hydrogens is 182 g/mol. The molecule has 5 heteroatoms. The topological polar surface area (TPSA) is 70.1 Å². The second-order valence-corrected chi connectivity index (χ2v) is 3.09. The highest BCUT2D eigenvalue weighted by Crippen LogP contribution is 2.14. The Labute approximate surface area is 82.5 Å². The van der Waals surface area contributed by atoms with Gasteiger partial charge in [-0.3, -0.25) is 9.36 Å². The third-order valence-corrected chi connectivity index (χ3v) is 2.08. The predicted molar refractivity (Wildman–Crippen MR) is 54.0 cm³/mol. The number of hydrogen-bond acceptors (Lipinski definition) is 4. The van der Waals surface area contributed by atoms with E-state index in [0.29, 0.717) is 5.56 Å². The maximum Gasteiger partial charge on any atom is 0.277 e. The smallest absolute Gasteiger partial charge is 0.277 e. The van der Waals surface area contributed by atoms with Crippen molar-refractivity contribution < 1.29 is 4.74 Å². The zero-order chi connectivity index (χ0) is 10.7. The van der Waals surface area contributed by atoms with Crippen LogP contribution in [-0.2, 0) is 4.74 Å². The zero-order valence-corrected chi connectivity index (χ0v) is 8.65. The standard InChI is InChI=1S/C9H15N3O2/c1-4-7(14-3)12-5-6(2)8(13)11-9(12)10/h5,7H,4H2,1-3H3,(H2,10,11,13)/t7-/m1/s1. The summed E-state index contributed by atoms with van der Waals surface area (Å²) in [6, 6.07) is 0. The molecule has 0 saturated heterocycles. The maximum atomic E-state index is 11.1. The molecular formula is C9H15N3O2. The van der Waals surface area contributed by atoms with E-state index in [1.54, 1.807) is 24.8 Å². The average molecular weight is 197 g/mol. The Balaban J connectivity index is 3.20. The fourth-order valence-corrected chi connectivity index (χ4v) is 1.29. The Morgan fingerprint density at radius 3 is 2.86 bits per heavy atom. The van der Waals surface area contributed by atoms with E-state index in [0.717, 1.165) is 6.42 Å². The highest BCUT2D eigenvalue weighted by atomic mass is 16.5. The maximum absolute atomic E-state index is 11.1. The molecule has 0 amide bonds. The third kappa shape index (κ3) is 1.93. The Hall–Kier alpha value is -1.36. The van der Waals surface area contributed by atoms with Gasteiger partial charge < -0.3 is 10.5 Å². The quantitative estimate of drug-likeness (QED) is 0.773. The number of ether oxygens (including phenoxy) is 1. The van der Waals surface area contributed by atoms with Gasteiger partial charge in [0.1, 0.15) is 6.23 Å². The van der Waals surface area contributed by atoms with Gasteiger partial charge in [-0.05, 0) is 13.3 Å². The second kappa shape index (κ2) is 4.23. The van der Waals surface area contributed by atoms with E-state index in [-0.39, 0.29) is 17.7 Å². The van der Waals surface area contributed by atoms with Crippen LogP contribution in [0.3, 0.4) is 0 Å². The van der Waals surface area contributed by atoms with E-state index < -0.39 is 0 Å². The molecule has 5 nitrogen and oxygen atoms in total. The van der Waals surface area contributed by atoms with Crippen LogP contribution < -0.4 is 11.3 Å². The van der Waals surface area contributed by atoms with Crippen molar-refractivity contribution >= 4 is 5.95 Å². The summed E-state index contributed by atoms with van der Waals surface area (Å²) in [7, 11) is 1.60. The molecule has 0 aliphatic carbocycles. The summed E-state index contributed by atoms with van der Waals surface area (Å²) in [6.07, 6.45) is 2.27. The first-order chi connectivity index (χ1) is 6.60. The van der Waals surface area contributed by atoms with Gasteiger partial charge in [-0.25, -0.2) is 0 Å². The van der Waals surface area contributed by atoms with Gasteiger partial charge >= 0.3 is 0 Å². The van der Waals surface area contributed by atoms with Crippen molar-refractivity contribution in [1.29, 1.82) is 0 Å². The SMILES string of the molecule is CC[C@@H](OC)n1cc(C)c(=O)nc1N. The van der Waals surface area contributed by atoms with Crippen LogP contribution in [0.25, 0.3) is 0 Å². The van der Waals surface area contributed by atoms with Crippen molar-refractivity contribution in [2.24, 2.45) is 0 Å². The number of aromatic nitrogens is 2. The molecule has 1 aromatic rings. The molecule has 0 spiro atoms. The second-order valence-electron chi connectivity index (χ2n) is 3.09. The van der Waals surface area contributed by atoms with Crippen molar-refractivity contribution in [1.82, 2.24) is 9.55 Å². The van der Waals surface area contributed by atoms with Crippen molar-refractivity contribution in [2.75, 3.05) is 12.8 Å². The molecule has 0 bridgehead atoms. The molecule has 1 rings (SSSR count). The van der Waals surface area contributed by atoms with Gasteiger partial charge in [0.05, 0.1) is 0 Å². The fourth-order valence-electron chi connectivity index (χ4n) is 1.29. The Morgan fingerprint density at radius 2 is 2.36 bits per heavy atom. The molecule has 0 fully saturated rings.